The van der Waals surface area contributed by atoms with E-state index < -0.39 is 0 Å². The van der Waals surface area contributed by atoms with Crippen molar-refractivity contribution in [3.05, 3.63) is 29.3 Å². The van der Waals surface area contributed by atoms with E-state index in [1.165, 1.54) is 32.1 Å². The van der Waals surface area contributed by atoms with Crippen molar-refractivity contribution < 1.29 is 4.79 Å². The maximum absolute atomic E-state index is 12.4. The highest BCUT2D eigenvalue weighted by Gasteiger charge is 2.36. The van der Waals surface area contributed by atoms with Crippen LogP contribution in [0.3, 0.4) is 0 Å². The molecular weight excluding hydrogens is 304 g/mol. The summed E-state index contributed by atoms with van der Waals surface area (Å²) in [5.41, 5.74) is 3.57. The van der Waals surface area contributed by atoms with Crippen LogP contribution in [0.2, 0.25) is 0 Å². The minimum absolute atomic E-state index is 0. The standard InChI is InChI=1S/C16H18N2OS.ClH/c19-16(12-5-6-13-15(8-12)20-9-17-13)18-14-7-10-1-3-11(14)4-2-10;/h5-6,8-11,14H,1-4,7H2,(H,18,19);1H/t10?,11?,14-;/m1./s1. The summed E-state index contributed by atoms with van der Waals surface area (Å²) >= 11 is 1.59. The van der Waals surface area contributed by atoms with E-state index in [2.05, 4.69) is 10.3 Å². The molecule has 0 aliphatic heterocycles. The van der Waals surface area contributed by atoms with Gasteiger partial charge in [0.1, 0.15) is 0 Å². The molecule has 21 heavy (non-hydrogen) atoms. The zero-order valence-corrected chi connectivity index (χ0v) is 13.4. The highest BCUT2D eigenvalue weighted by molar-refractivity contribution is 7.16. The third-order valence-corrected chi connectivity index (χ3v) is 5.75. The van der Waals surface area contributed by atoms with Gasteiger partial charge in [-0.25, -0.2) is 4.98 Å². The van der Waals surface area contributed by atoms with E-state index in [9.17, 15) is 4.79 Å². The second-order valence-electron chi connectivity index (χ2n) is 6.13. The number of carbonyl (C=O) groups excluding carboxylic acids is 1. The number of carbonyl (C=O) groups is 1. The maximum Gasteiger partial charge on any atom is 0.251 e. The van der Waals surface area contributed by atoms with Gasteiger partial charge in [-0.05, 0) is 49.3 Å². The van der Waals surface area contributed by atoms with Crippen LogP contribution < -0.4 is 5.32 Å². The van der Waals surface area contributed by atoms with Crippen LogP contribution in [0.25, 0.3) is 10.2 Å². The van der Waals surface area contributed by atoms with Crippen molar-refractivity contribution in [3.8, 4) is 0 Å². The molecule has 3 saturated carbocycles. The summed E-state index contributed by atoms with van der Waals surface area (Å²) in [4.78, 5) is 16.7. The van der Waals surface area contributed by atoms with Crippen LogP contribution in [0.1, 0.15) is 42.5 Å². The molecule has 3 aliphatic rings. The van der Waals surface area contributed by atoms with Crippen LogP contribution in [0, 0.1) is 11.8 Å². The summed E-state index contributed by atoms with van der Waals surface area (Å²) in [6.07, 6.45) is 6.50. The molecule has 3 nitrogen and oxygen atoms in total. The number of thiazole rings is 1. The van der Waals surface area contributed by atoms with Gasteiger partial charge in [-0.15, -0.1) is 23.7 Å². The van der Waals surface area contributed by atoms with Crippen molar-refractivity contribution >= 4 is 39.9 Å². The molecule has 2 bridgehead atoms. The molecule has 1 aromatic carbocycles. The van der Waals surface area contributed by atoms with Crippen LogP contribution in [-0.4, -0.2) is 16.9 Å². The Balaban J connectivity index is 0.00000132. The van der Waals surface area contributed by atoms with Gasteiger partial charge in [-0.2, -0.15) is 0 Å². The number of benzene rings is 1. The van der Waals surface area contributed by atoms with Gasteiger partial charge in [-0.1, -0.05) is 12.8 Å². The molecule has 1 N–H and O–H groups in total. The quantitative estimate of drug-likeness (QED) is 0.907. The second-order valence-corrected chi connectivity index (χ2v) is 7.02. The molecule has 2 aromatic rings. The van der Waals surface area contributed by atoms with Crippen molar-refractivity contribution in [1.82, 2.24) is 10.3 Å². The fourth-order valence-corrected chi connectivity index (χ4v) is 4.52. The normalized spacial score (nSPS) is 27.3. The Morgan fingerprint density at radius 1 is 1.24 bits per heavy atom. The van der Waals surface area contributed by atoms with E-state index in [4.69, 9.17) is 0 Å². The second kappa shape index (κ2) is 5.93. The number of amides is 1. The topological polar surface area (TPSA) is 42.0 Å². The summed E-state index contributed by atoms with van der Waals surface area (Å²) in [5.74, 6) is 1.63. The highest BCUT2D eigenvalue weighted by Crippen LogP contribution is 2.41. The Bertz CT molecular complexity index is 649. The number of rotatable bonds is 2. The van der Waals surface area contributed by atoms with E-state index in [-0.39, 0.29) is 18.3 Å². The van der Waals surface area contributed by atoms with Gasteiger partial charge in [0.05, 0.1) is 15.7 Å². The number of fused-ring (bicyclic) bond motifs is 4. The molecule has 5 heteroatoms. The Kier molecular flexibility index (Phi) is 4.18. The minimum atomic E-state index is 0. The molecule has 0 saturated heterocycles. The molecule has 5 rings (SSSR count). The first-order chi connectivity index (χ1) is 9.79. The van der Waals surface area contributed by atoms with Crippen LogP contribution >= 0.6 is 23.7 Å². The molecule has 1 aromatic heterocycles. The smallest absolute Gasteiger partial charge is 0.251 e. The van der Waals surface area contributed by atoms with Crippen molar-refractivity contribution in [2.24, 2.45) is 11.8 Å². The fraction of sp³-hybridized carbons (Fsp3) is 0.500. The number of hydrogen-bond donors (Lipinski definition) is 1. The van der Waals surface area contributed by atoms with Crippen molar-refractivity contribution in [2.45, 2.75) is 38.1 Å². The molecule has 112 valence electrons. The Morgan fingerprint density at radius 2 is 2.05 bits per heavy atom. The first-order valence-corrected chi connectivity index (χ1v) is 8.31. The molecule has 0 unspecified atom stereocenters. The van der Waals surface area contributed by atoms with Crippen molar-refractivity contribution in [1.29, 1.82) is 0 Å². The minimum Gasteiger partial charge on any atom is -0.349 e. The summed E-state index contributed by atoms with van der Waals surface area (Å²) < 4.78 is 1.09. The van der Waals surface area contributed by atoms with E-state index in [1.807, 2.05) is 23.7 Å². The average Bonchev–Trinajstić information content (AvgIpc) is 2.96. The average molecular weight is 323 g/mol. The lowest BCUT2D eigenvalue weighted by Crippen LogP contribution is -2.47. The third kappa shape index (κ3) is 2.79. The predicted molar refractivity (Wildman–Crippen MR) is 88.2 cm³/mol. The van der Waals surface area contributed by atoms with Gasteiger partial charge < -0.3 is 5.32 Å². The summed E-state index contributed by atoms with van der Waals surface area (Å²) in [6.45, 7) is 0. The number of hydrogen-bond acceptors (Lipinski definition) is 3. The zero-order valence-electron chi connectivity index (χ0n) is 11.7. The Hall–Kier alpha value is -1.13. The molecule has 0 spiro atoms. The molecular formula is C16H19ClN2OS. The number of halogens is 1. The number of nitrogens with one attached hydrogen (secondary N) is 1. The van der Waals surface area contributed by atoms with Crippen LogP contribution in [0.5, 0.6) is 0 Å². The van der Waals surface area contributed by atoms with Gasteiger partial charge in [-0.3, -0.25) is 4.79 Å². The SMILES string of the molecule is Cl.O=C(N[C@@H]1CC2CCC1CC2)c1ccc2ncsc2c1. The Morgan fingerprint density at radius 3 is 2.76 bits per heavy atom. The molecule has 3 aliphatic carbocycles. The fourth-order valence-electron chi connectivity index (χ4n) is 3.80. The monoisotopic (exact) mass is 322 g/mol. The van der Waals surface area contributed by atoms with Crippen molar-refractivity contribution in [3.63, 3.8) is 0 Å². The molecule has 1 amide bonds. The van der Waals surface area contributed by atoms with Crippen molar-refractivity contribution in [2.75, 3.05) is 0 Å². The first kappa shape index (κ1) is 14.8. The first-order valence-electron chi connectivity index (χ1n) is 7.44. The van der Waals surface area contributed by atoms with Gasteiger partial charge in [0, 0.05) is 11.6 Å². The van der Waals surface area contributed by atoms with E-state index in [1.54, 1.807) is 11.3 Å². The van der Waals surface area contributed by atoms with Gasteiger partial charge >= 0.3 is 0 Å². The third-order valence-electron chi connectivity index (χ3n) is 4.96. The molecule has 3 fully saturated rings. The van der Waals surface area contributed by atoms with Gasteiger partial charge in [0.25, 0.3) is 5.91 Å². The summed E-state index contributed by atoms with van der Waals surface area (Å²) in [7, 11) is 0. The summed E-state index contributed by atoms with van der Waals surface area (Å²) in [6, 6.07) is 6.18. The highest BCUT2D eigenvalue weighted by atomic mass is 35.5. The van der Waals surface area contributed by atoms with E-state index in [0.717, 1.165) is 21.7 Å². The largest absolute Gasteiger partial charge is 0.349 e. The zero-order chi connectivity index (χ0) is 13.5. The molecule has 1 atom stereocenters. The van der Waals surface area contributed by atoms with Crippen LogP contribution in [0.4, 0.5) is 0 Å². The lowest BCUT2D eigenvalue weighted by Gasteiger charge is -2.42. The van der Waals surface area contributed by atoms with Crippen LogP contribution in [0.15, 0.2) is 23.7 Å². The maximum atomic E-state index is 12.4. The van der Waals surface area contributed by atoms with Crippen LogP contribution in [-0.2, 0) is 0 Å². The van der Waals surface area contributed by atoms with E-state index >= 15 is 0 Å². The van der Waals surface area contributed by atoms with Gasteiger partial charge in [0.2, 0.25) is 0 Å². The number of nitrogens with zero attached hydrogens (tertiary/aromatic N) is 1. The van der Waals surface area contributed by atoms with Gasteiger partial charge in [0.15, 0.2) is 0 Å². The van der Waals surface area contributed by atoms with E-state index in [0.29, 0.717) is 12.0 Å². The summed E-state index contributed by atoms with van der Waals surface area (Å²) in [5, 5.41) is 3.27. The Labute approximate surface area is 134 Å². The molecule has 0 radical (unpaired) electrons. The predicted octanol–water partition coefficient (Wildman–Crippen LogP) is 4.03. The number of aromatic nitrogens is 1. The lowest BCUT2D eigenvalue weighted by molar-refractivity contribution is 0.0810. The lowest BCUT2D eigenvalue weighted by atomic mass is 9.68. The molecule has 1 heterocycles.